The molecule has 0 spiro atoms. The summed E-state index contributed by atoms with van der Waals surface area (Å²) in [6.45, 7) is 8.54. The Hall–Kier alpha value is -1.44. The lowest BCUT2D eigenvalue weighted by molar-refractivity contribution is -0.124. The van der Waals surface area contributed by atoms with Crippen molar-refractivity contribution in [2.75, 3.05) is 32.4 Å². The predicted molar refractivity (Wildman–Crippen MR) is 105 cm³/mol. The van der Waals surface area contributed by atoms with Gasteiger partial charge in [0, 0.05) is 19.3 Å². The maximum atomic E-state index is 12.8. The number of carbonyl (C=O) groups excluding carboxylic acids is 1. The lowest BCUT2D eigenvalue weighted by Crippen LogP contribution is -2.57. The standard InChI is InChI=1S/C19H31N3O3S/c1-4-22(5-2)15-17-8-6-7-16(13-17)14-21-18(23)19(26(3,24)25)9-11-20-12-10-19/h6-8,13,20H,4-5,9-12,14-15H2,1-3H3,(H,21,23). The summed E-state index contributed by atoms with van der Waals surface area (Å²) < 4.78 is 23.3. The molecule has 1 aliphatic heterocycles. The largest absolute Gasteiger partial charge is 0.351 e. The third kappa shape index (κ3) is 4.84. The molecule has 6 nitrogen and oxygen atoms in total. The average Bonchev–Trinajstić information content (AvgIpc) is 2.64. The molecule has 0 atom stereocenters. The van der Waals surface area contributed by atoms with Crippen molar-refractivity contribution in [1.82, 2.24) is 15.5 Å². The highest BCUT2D eigenvalue weighted by Gasteiger charge is 2.48. The van der Waals surface area contributed by atoms with Crippen molar-refractivity contribution in [3.8, 4) is 0 Å². The monoisotopic (exact) mass is 381 g/mol. The van der Waals surface area contributed by atoms with E-state index in [9.17, 15) is 13.2 Å². The zero-order chi connectivity index (χ0) is 19.2. The van der Waals surface area contributed by atoms with E-state index in [1.165, 1.54) is 11.8 Å². The van der Waals surface area contributed by atoms with Gasteiger partial charge in [0.1, 0.15) is 0 Å². The van der Waals surface area contributed by atoms with E-state index in [4.69, 9.17) is 0 Å². The minimum atomic E-state index is -3.48. The molecule has 26 heavy (non-hydrogen) atoms. The Morgan fingerprint density at radius 1 is 1.19 bits per heavy atom. The first-order valence-corrected chi connectivity index (χ1v) is 11.2. The molecule has 1 aliphatic rings. The van der Waals surface area contributed by atoms with Gasteiger partial charge in [-0.1, -0.05) is 38.1 Å². The molecule has 0 aliphatic carbocycles. The van der Waals surface area contributed by atoms with E-state index in [-0.39, 0.29) is 5.91 Å². The number of carbonyl (C=O) groups is 1. The Morgan fingerprint density at radius 2 is 1.81 bits per heavy atom. The molecule has 0 unspecified atom stereocenters. The van der Waals surface area contributed by atoms with Crippen LogP contribution in [0.25, 0.3) is 0 Å². The van der Waals surface area contributed by atoms with Crippen molar-refractivity contribution in [2.45, 2.75) is 44.5 Å². The van der Waals surface area contributed by atoms with E-state index < -0.39 is 14.6 Å². The first kappa shape index (κ1) is 20.9. The van der Waals surface area contributed by atoms with Gasteiger partial charge in [-0.25, -0.2) is 8.42 Å². The van der Waals surface area contributed by atoms with E-state index in [1.807, 2.05) is 12.1 Å². The van der Waals surface area contributed by atoms with Gasteiger partial charge in [0.25, 0.3) is 0 Å². The molecular formula is C19H31N3O3S. The summed E-state index contributed by atoms with van der Waals surface area (Å²) >= 11 is 0. The van der Waals surface area contributed by atoms with Gasteiger partial charge >= 0.3 is 0 Å². The maximum absolute atomic E-state index is 12.8. The number of nitrogens with zero attached hydrogens (tertiary/aromatic N) is 1. The Labute approximate surface area is 157 Å². The second-order valence-corrected chi connectivity index (χ2v) is 9.31. The molecule has 2 rings (SSSR count). The van der Waals surface area contributed by atoms with Gasteiger partial charge < -0.3 is 10.6 Å². The Kier molecular flexibility index (Phi) is 7.20. The van der Waals surface area contributed by atoms with Crippen molar-refractivity contribution in [3.63, 3.8) is 0 Å². The van der Waals surface area contributed by atoms with E-state index >= 15 is 0 Å². The zero-order valence-corrected chi connectivity index (χ0v) is 16.9. The van der Waals surface area contributed by atoms with Gasteiger partial charge in [0.2, 0.25) is 5.91 Å². The van der Waals surface area contributed by atoms with E-state index in [2.05, 4.69) is 41.5 Å². The summed E-state index contributed by atoms with van der Waals surface area (Å²) in [4.78, 5) is 15.1. The van der Waals surface area contributed by atoms with Crippen LogP contribution in [0.4, 0.5) is 0 Å². The minimum absolute atomic E-state index is 0.319. The highest BCUT2D eigenvalue weighted by molar-refractivity contribution is 7.92. The SMILES string of the molecule is CCN(CC)Cc1cccc(CNC(=O)C2(S(C)(=O)=O)CCNCC2)c1. The van der Waals surface area contributed by atoms with Gasteiger partial charge in [-0.15, -0.1) is 0 Å². The maximum Gasteiger partial charge on any atom is 0.241 e. The summed E-state index contributed by atoms with van der Waals surface area (Å²) in [6, 6.07) is 8.10. The number of sulfone groups is 1. The molecule has 7 heteroatoms. The highest BCUT2D eigenvalue weighted by atomic mass is 32.2. The van der Waals surface area contributed by atoms with E-state index in [0.29, 0.717) is 32.5 Å². The van der Waals surface area contributed by atoms with Crippen molar-refractivity contribution in [3.05, 3.63) is 35.4 Å². The van der Waals surface area contributed by atoms with E-state index in [0.717, 1.165) is 25.2 Å². The molecule has 1 saturated heterocycles. The summed E-state index contributed by atoms with van der Waals surface area (Å²) in [5.74, 6) is -0.379. The first-order chi connectivity index (χ1) is 12.3. The van der Waals surface area contributed by atoms with Gasteiger partial charge in [-0.3, -0.25) is 9.69 Å². The summed E-state index contributed by atoms with van der Waals surface area (Å²) in [6.07, 6.45) is 1.81. The number of piperidine rings is 1. The molecule has 146 valence electrons. The number of hydrogen-bond donors (Lipinski definition) is 2. The van der Waals surface area contributed by atoms with Crippen LogP contribution in [-0.4, -0.2) is 56.4 Å². The summed E-state index contributed by atoms with van der Waals surface area (Å²) in [7, 11) is -3.48. The first-order valence-electron chi connectivity index (χ1n) is 9.31. The van der Waals surface area contributed by atoms with Crippen LogP contribution in [0.2, 0.25) is 0 Å². The average molecular weight is 382 g/mol. The number of benzene rings is 1. The fourth-order valence-corrected chi connectivity index (χ4v) is 4.84. The van der Waals surface area contributed by atoms with Crippen molar-refractivity contribution >= 4 is 15.7 Å². The van der Waals surface area contributed by atoms with Crippen LogP contribution in [0.1, 0.15) is 37.8 Å². The lowest BCUT2D eigenvalue weighted by atomic mass is 9.95. The molecule has 0 saturated carbocycles. The molecule has 0 radical (unpaired) electrons. The molecule has 2 N–H and O–H groups in total. The summed E-state index contributed by atoms with van der Waals surface area (Å²) in [5, 5.41) is 5.99. The van der Waals surface area contributed by atoms with E-state index in [1.54, 1.807) is 0 Å². The normalized spacial score (nSPS) is 17.2. The van der Waals surface area contributed by atoms with Gasteiger partial charge in [0.05, 0.1) is 0 Å². The molecule has 0 aromatic heterocycles. The van der Waals surface area contributed by atoms with Crippen LogP contribution in [0, 0.1) is 0 Å². The van der Waals surface area contributed by atoms with Crippen molar-refractivity contribution < 1.29 is 13.2 Å². The van der Waals surface area contributed by atoms with Crippen LogP contribution >= 0.6 is 0 Å². The van der Waals surface area contributed by atoms with Gasteiger partial charge in [-0.05, 0) is 50.1 Å². The third-order valence-corrected chi connectivity index (χ3v) is 7.29. The van der Waals surface area contributed by atoms with Crippen molar-refractivity contribution in [2.24, 2.45) is 0 Å². The minimum Gasteiger partial charge on any atom is -0.351 e. The number of amides is 1. The second kappa shape index (κ2) is 8.97. The van der Waals surface area contributed by atoms with Gasteiger partial charge in [0.15, 0.2) is 14.6 Å². The zero-order valence-electron chi connectivity index (χ0n) is 16.0. The number of hydrogen-bond acceptors (Lipinski definition) is 5. The number of rotatable bonds is 8. The predicted octanol–water partition coefficient (Wildman–Crippen LogP) is 1.31. The van der Waals surface area contributed by atoms with Gasteiger partial charge in [-0.2, -0.15) is 0 Å². The molecular weight excluding hydrogens is 350 g/mol. The molecule has 1 heterocycles. The fraction of sp³-hybridized carbons (Fsp3) is 0.632. The van der Waals surface area contributed by atoms with Crippen LogP contribution in [-0.2, 0) is 27.7 Å². The Bertz CT molecular complexity index is 708. The van der Waals surface area contributed by atoms with Crippen LogP contribution in [0.3, 0.4) is 0 Å². The van der Waals surface area contributed by atoms with Crippen LogP contribution in [0.5, 0.6) is 0 Å². The Morgan fingerprint density at radius 3 is 2.38 bits per heavy atom. The quantitative estimate of drug-likeness (QED) is 0.710. The molecule has 1 amide bonds. The molecule has 0 bridgehead atoms. The second-order valence-electron chi connectivity index (χ2n) is 6.98. The van der Waals surface area contributed by atoms with Crippen LogP contribution < -0.4 is 10.6 Å². The molecule has 1 aromatic carbocycles. The van der Waals surface area contributed by atoms with Crippen LogP contribution in [0.15, 0.2) is 24.3 Å². The Balaban J connectivity index is 2.06. The highest BCUT2D eigenvalue weighted by Crippen LogP contribution is 2.28. The number of nitrogens with one attached hydrogen (secondary N) is 2. The molecule has 1 aromatic rings. The summed E-state index contributed by atoms with van der Waals surface area (Å²) in [5.41, 5.74) is 2.18. The molecule has 1 fully saturated rings. The topological polar surface area (TPSA) is 78.5 Å². The smallest absolute Gasteiger partial charge is 0.241 e. The third-order valence-electron chi connectivity index (χ3n) is 5.28. The fourth-order valence-electron chi connectivity index (χ4n) is 3.48. The van der Waals surface area contributed by atoms with Crippen molar-refractivity contribution in [1.29, 1.82) is 0 Å². The lowest BCUT2D eigenvalue weighted by Gasteiger charge is -2.34.